The lowest BCUT2D eigenvalue weighted by atomic mass is 10.1. The van der Waals surface area contributed by atoms with E-state index in [4.69, 9.17) is 23.2 Å². The van der Waals surface area contributed by atoms with Crippen LogP contribution in [0.3, 0.4) is 0 Å². The number of benzene rings is 2. The van der Waals surface area contributed by atoms with Gasteiger partial charge in [0.15, 0.2) is 0 Å². The van der Waals surface area contributed by atoms with E-state index in [2.05, 4.69) is 6.07 Å². The van der Waals surface area contributed by atoms with Gasteiger partial charge in [0.05, 0.1) is 0 Å². The third-order valence-corrected chi connectivity index (χ3v) is 2.91. The highest BCUT2D eigenvalue weighted by molar-refractivity contribution is 6.36. The van der Waals surface area contributed by atoms with Crippen LogP contribution in [0.4, 0.5) is 0 Å². The second-order valence-electron chi connectivity index (χ2n) is 3.26. The Kier molecular flexibility index (Phi) is 3.30. The summed E-state index contributed by atoms with van der Waals surface area (Å²) in [5.41, 5.74) is 2.05. The molecule has 1 radical (unpaired) electrons. The Hall–Kier alpha value is -0.980. The molecule has 0 fully saturated rings. The fraction of sp³-hybridized carbons (Fsp3) is 0.0769. The monoisotopic (exact) mass is 235 g/mol. The lowest BCUT2D eigenvalue weighted by Crippen LogP contribution is -1.90. The molecule has 0 saturated carbocycles. The first-order valence-electron chi connectivity index (χ1n) is 4.66. The van der Waals surface area contributed by atoms with Crippen molar-refractivity contribution in [3.05, 3.63) is 69.7 Å². The van der Waals surface area contributed by atoms with Gasteiger partial charge in [-0.3, -0.25) is 0 Å². The second-order valence-corrected chi connectivity index (χ2v) is 4.08. The second kappa shape index (κ2) is 4.69. The lowest BCUT2D eigenvalue weighted by molar-refractivity contribution is 1.19. The van der Waals surface area contributed by atoms with Crippen LogP contribution < -0.4 is 0 Å². The molecule has 0 aliphatic carbocycles. The van der Waals surface area contributed by atoms with Crippen molar-refractivity contribution in [3.8, 4) is 0 Å². The van der Waals surface area contributed by atoms with Crippen molar-refractivity contribution < 1.29 is 0 Å². The Morgan fingerprint density at radius 2 is 1.67 bits per heavy atom. The first-order valence-corrected chi connectivity index (χ1v) is 5.41. The number of hydrogen-bond donors (Lipinski definition) is 0. The van der Waals surface area contributed by atoms with E-state index in [1.165, 1.54) is 0 Å². The molecule has 0 heterocycles. The first-order chi connectivity index (χ1) is 7.27. The van der Waals surface area contributed by atoms with Crippen LogP contribution in [0.5, 0.6) is 0 Å². The SMILES string of the molecule is Clc1cccc(Cl)c1Cc1[c]cccc1. The van der Waals surface area contributed by atoms with Gasteiger partial charge in [-0.1, -0.05) is 53.5 Å². The highest BCUT2D eigenvalue weighted by atomic mass is 35.5. The summed E-state index contributed by atoms with van der Waals surface area (Å²) in [7, 11) is 0. The molecule has 0 aromatic heterocycles. The van der Waals surface area contributed by atoms with E-state index in [1.54, 1.807) is 0 Å². The summed E-state index contributed by atoms with van der Waals surface area (Å²) >= 11 is 12.2. The highest BCUT2D eigenvalue weighted by Gasteiger charge is 2.05. The third-order valence-electron chi connectivity index (χ3n) is 2.20. The standard InChI is InChI=1S/C13H9Cl2/c14-12-7-4-8-13(15)11(12)9-10-5-2-1-3-6-10/h1-5,7-8H,9H2. The average molecular weight is 236 g/mol. The Balaban J connectivity index is 2.32. The Labute approximate surface area is 99.5 Å². The lowest BCUT2D eigenvalue weighted by Gasteiger charge is -2.06. The molecule has 0 saturated heterocycles. The summed E-state index contributed by atoms with van der Waals surface area (Å²) in [5, 5.41) is 1.42. The summed E-state index contributed by atoms with van der Waals surface area (Å²) in [6, 6.07) is 16.5. The summed E-state index contributed by atoms with van der Waals surface area (Å²) in [4.78, 5) is 0. The van der Waals surface area contributed by atoms with E-state index in [-0.39, 0.29) is 0 Å². The normalized spacial score (nSPS) is 10.3. The van der Waals surface area contributed by atoms with Crippen molar-refractivity contribution in [2.45, 2.75) is 6.42 Å². The average Bonchev–Trinajstić information content (AvgIpc) is 2.25. The van der Waals surface area contributed by atoms with Gasteiger partial charge in [0.1, 0.15) is 0 Å². The van der Waals surface area contributed by atoms with E-state index in [9.17, 15) is 0 Å². The van der Waals surface area contributed by atoms with Crippen LogP contribution in [-0.2, 0) is 6.42 Å². The number of halogens is 2. The van der Waals surface area contributed by atoms with E-state index in [0.29, 0.717) is 10.0 Å². The molecule has 0 spiro atoms. The van der Waals surface area contributed by atoms with Crippen molar-refractivity contribution in [3.63, 3.8) is 0 Å². The quantitative estimate of drug-likeness (QED) is 0.725. The van der Waals surface area contributed by atoms with Crippen molar-refractivity contribution in [1.82, 2.24) is 0 Å². The molecule has 0 amide bonds. The maximum Gasteiger partial charge on any atom is 0.0456 e. The topological polar surface area (TPSA) is 0 Å². The van der Waals surface area contributed by atoms with Crippen LogP contribution >= 0.6 is 23.2 Å². The number of rotatable bonds is 2. The van der Waals surface area contributed by atoms with Gasteiger partial charge >= 0.3 is 0 Å². The molecular formula is C13H9Cl2. The molecule has 75 valence electrons. The van der Waals surface area contributed by atoms with E-state index in [0.717, 1.165) is 17.5 Å². The largest absolute Gasteiger partial charge is 0.0840 e. The third kappa shape index (κ3) is 2.53. The summed E-state index contributed by atoms with van der Waals surface area (Å²) in [5.74, 6) is 0. The highest BCUT2D eigenvalue weighted by Crippen LogP contribution is 2.26. The molecule has 2 rings (SSSR count). The summed E-state index contributed by atoms with van der Waals surface area (Å²) in [6.07, 6.45) is 0.722. The van der Waals surface area contributed by atoms with Crippen LogP contribution in [0.2, 0.25) is 10.0 Å². The fourth-order valence-corrected chi connectivity index (χ4v) is 1.96. The summed E-state index contributed by atoms with van der Waals surface area (Å²) in [6.45, 7) is 0. The van der Waals surface area contributed by atoms with Crippen LogP contribution in [0.15, 0.2) is 42.5 Å². The van der Waals surface area contributed by atoms with Crippen LogP contribution in [0.1, 0.15) is 11.1 Å². The van der Waals surface area contributed by atoms with Gasteiger partial charge in [-0.2, -0.15) is 0 Å². The Morgan fingerprint density at radius 1 is 0.933 bits per heavy atom. The zero-order valence-electron chi connectivity index (χ0n) is 8.00. The summed E-state index contributed by atoms with van der Waals surface area (Å²) < 4.78 is 0. The molecule has 0 nitrogen and oxygen atoms in total. The predicted molar refractivity (Wildman–Crippen MR) is 64.5 cm³/mol. The number of hydrogen-bond acceptors (Lipinski definition) is 0. The molecule has 2 aromatic carbocycles. The van der Waals surface area contributed by atoms with Crippen LogP contribution in [0.25, 0.3) is 0 Å². The van der Waals surface area contributed by atoms with Gasteiger partial charge in [0.25, 0.3) is 0 Å². The molecule has 0 aliphatic heterocycles. The molecule has 2 heteroatoms. The smallest absolute Gasteiger partial charge is 0.0456 e. The zero-order valence-corrected chi connectivity index (χ0v) is 9.52. The van der Waals surface area contributed by atoms with Gasteiger partial charge in [0, 0.05) is 16.5 Å². The maximum absolute atomic E-state index is 6.08. The molecule has 0 unspecified atom stereocenters. The molecule has 0 N–H and O–H groups in total. The first kappa shape index (κ1) is 10.5. The molecule has 0 bridgehead atoms. The molecule has 2 aromatic rings. The van der Waals surface area contributed by atoms with Gasteiger partial charge in [0.2, 0.25) is 0 Å². The minimum Gasteiger partial charge on any atom is -0.0840 e. The van der Waals surface area contributed by atoms with Gasteiger partial charge in [-0.15, -0.1) is 0 Å². The zero-order chi connectivity index (χ0) is 10.7. The van der Waals surface area contributed by atoms with Gasteiger partial charge in [-0.05, 0) is 29.3 Å². The van der Waals surface area contributed by atoms with Gasteiger partial charge < -0.3 is 0 Å². The Morgan fingerprint density at radius 3 is 2.27 bits per heavy atom. The van der Waals surface area contributed by atoms with Crippen molar-refractivity contribution >= 4 is 23.2 Å². The minimum absolute atomic E-state index is 0.708. The molecular weight excluding hydrogens is 227 g/mol. The van der Waals surface area contributed by atoms with Crippen molar-refractivity contribution in [2.24, 2.45) is 0 Å². The fourth-order valence-electron chi connectivity index (χ4n) is 1.43. The van der Waals surface area contributed by atoms with Crippen LogP contribution in [-0.4, -0.2) is 0 Å². The van der Waals surface area contributed by atoms with Crippen molar-refractivity contribution in [1.29, 1.82) is 0 Å². The van der Waals surface area contributed by atoms with E-state index < -0.39 is 0 Å². The van der Waals surface area contributed by atoms with Crippen LogP contribution in [0, 0.1) is 6.07 Å². The van der Waals surface area contributed by atoms with Crippen molar-refractivity contribution in [2.75, 3.05) is 0 Å². The molecule has 15 heavy (non-hydrogen) atoms. The van der Waals surface area contributed by atoms with E-state index in [1.807, 2.05) is 42.5 Å². The Bertz CT molecular complexity index is 429. The maximum atomic E-state index is 6.08. The van der Waals surface area contributed by atoms with Gasteiger partial charge in [-0.25, -0.2) is 0 Å². The van der Waals surface area contributed by atoms with E-state index >= 15 is 0 Å². The molecule has 0 atom stereocenters. The minimum atomic E-state index is 0.708. The molecule has 0 aliphatic rings. The predicted octanol–water partition coefficient (Wildman–Crippen LogP) is 4.38.